The van der Waals surface area contributed by atoms with Crippen LogP contribution in [0.25, 0.3) is 11.1 Å². The molecule has 0 radical (unpaired) electrons. The second-order valence-corrected chi connectivity index (χ2v) is 5.01. The molecule has 0 bridgehead atoms. The van der Waals surface area contributed by atoms with Gasteiger partial charge in [0.1, 0.15) is 11.1 Å². The number of benzene rings is 1. The number of aryl methyl sites for hydroxylation is 1. The van der Waals surface area contributed by atoms with E-state index in [0.29, 0.717) is 22.7 Å². The maximum Gasteiger partial charge on any atom is 0.412 e. The number of carbonyl (C=O) groups is 1. The van der Waals surface area contributed by atoms with Gasteiger partial charge in [-0.15, -0.1) is 0 Å². The number of para-hydroxylation sites is 1. The van der Waals surface area contributed by atoms with E-state index in [2.05, 4.69) is 10.3 Å². The highest BCUT2D eigenvalue weighted by Crippen LogP contribution is 2.23. The van der Waals surface area contributed by atoms with Crippen LogP contribution in [0.1, 0.15) is 26.7 Å². The Morgan fingerprint density at radius 1 is 1.39 bits per heavy atom. The first-order valence-corrected chi connectivity index (χ1v) is 5.71. The number of amides is 1. The molecule has 0 atom stereocenters. The molecule has 1 aromatic heterocycles. The highest BCUT2D eigenvalue weighted by Gasteiger charge is 2.17. The molecule has 2 aromatic rings. The van der Waals surface area contributed by atoms with Crippen LogP contribution < -0.4 is 5.32 Å². The van der Waals surface area contributed by atoms with Crippen LogP contribution in [0.15, 0.2) is 22.6 Å². The predicted molar refractivity (Wildman–Crippen MR) is 68.6 cm³/mol. The SMILES string of the molecule is Cc1nc2c(NC(=O)OC(C)(C)C)cccc2o1. The summed E-state index contributed by atoms with van der Waals surface area (Å²) >= 11 is 0. The Kier molecular flexibility index (Phi) is 2.98. The zero-order chi connectivity index (χ0) is 13.3. The summed E-state index contributed by atoms with van der Waals surface area (Å²) in [6, 6.07) is 5.35. The van der Waals surface area contributed by atoms with Crippen LogP contribution in [0.3, 0.4) is 0 Å². The monoisotopic (exact) mass is 248 g/mol. The number of hydrogen-bond donors (Lipinski definition) is 1. The standard InChI is InChI=1S/C13H16N2O3/c1-8-14-11-9(6-5-7-10(11)17-8)15-12(16)18-13(2,3)4/h5-7H,1-4H3,(H,15,16). The smallest absolute Gasteiger partial charge is 0.412 e. The Morgan fingerprint density at radius 2 is 2.11 bits per heavy atom. The number of nitrogens with one attached hydrogen (secondary N) is 1. The van der Waals surface area contributed by atoms with Gasteiger partial charge in [0.05, 0.1) is 5.69 Å². The van der Waals surface area contributed by atoms with Gasteiger partial charge in [0.25, 0.3) is 0 Å². The summed E-state index contributed by atoms with van der Waals surface area (Å²) < 4.78 is 10.6. The lowest BCUT2D eigenvalue weighted by Gasteiger charge is -2.19. The fourth-order valence-electron chi connectivity index (χ4n) is 1.57. The molecule has 5 nitrogen and oxygen atoms in total. The van der Waals surface area contributed by atoms with Crippen LogP contribution in [-0.4, -0.2) is 16.7 Å². The van der Waals surface area contributed by atoms with Gasteiger partial charge in [-0.2, -0.15) is 0 Å². The first-order chi connectivity index (χ1) is 8.35. The van der Waals surface area contributed by atoms with E-state index in [1.807, 2.05) is 20.8 Å². The summed E-state index contributed by atoms with van der Waals surface area (Å²) in [7, 11) is 0. The molecule has 1 heterocycles. The van der Waals surface area contributed by atoms with Gasteiger partial charge < -0.3 is 9.15 Å². The van der Waals surface area contributed by atoms with E-state index in [9.17, 15) is 4.79 Å². The molecule has 0 saturated heterocycles. The number of oxazole rings is 1. The lowest BCUT2D eigenvalue weighted by atomic mass is 10.2. The van der Waals surface area contributed by atoms with Crippen LogP contribution in [0.2, 0.25) is 0 Å². The molecule has 0 unspecified atom stereocenters. The average molecular weight is 248 g/mol. The van der Waals surface area contributed by atoms with Crippen molar-refractivity contribution < 1.29 is 13.9 Å². The van der Waals surface area contributed by atoms with Gasteiger partial charge in [0.15, 0.2) is 11.5 Å². The number of aromatic nitrogens is 1. The quantitative estimate of drug-likeness (QED) is 0.839. The Hall–Kier alpha value is -2.04. The topological polar surface area (TPSA) is 64.4 Å². The Labute approximate surface area is 105 Å². The van der Waals surface area contributed by atoms with Gasteiger partial charge in [-0.05, 0) is 32.9 Å². The summed E-state index contributed by atoms with van der Waals surface area (Å²) in [5.41, 5.74) is 1.32. The molecule has 5 heteroatoms. The Morgan fingerprint density at radius 3 is 2.78 bits per heavy atom. The van der Waals surface area contributed by atoms with Crippen molar-refractivity contribution in [2.45, 2.75) is 33.3 Å². The molecule has 0 spiro atoms. The summed E-state index contributed by atoms with van der Waals surface area (Å²) in [6.45, 7) is 7.20. The number of hydrogen-bond acceptors (Lipinski definition) is 4. The van der Waals surface area contributed by atoms with Crippen molar-refractivity contribution in [2.75, 3.05) is 5.32 Å². The van der Waals surface area contributed by atoms with Crippen LogP contribution in [0, 0.1) is 6.92 Å². The minimum atomic E-state index is -0.530. The number of fused-ring (bicyclic) bond motifs is 1. The van der Waals surface area contributed by atoms with Gasteiger partial charge in [-0.3, -0.25) is 5.32 Å². The van der Waals surface area contributed by atoms with Crippen LogP contribution in [-0.2, 0) is 4.74 Å². The van der Waals surface area contributed by atoms with Crippen molar-refractivity contribution in [3.8, 4) is 0 Å². The second-order valence-electron chi connectivity index (χ2n) is 5.01. The highest BCUT2D eigenvalue weighted by atomic mass is 16.6. The van der Waals surface area contributed by atoms with E-state index < -0.39 is 11.7 Å². The van der Waals surface area contributed by atoms with Gasteiger partial charge in [0, 0.05) is 6.92 Å². The molecule has 0 fully saturated rings. The molecule has 0 aliphatic carbocycles. The molecule has 18 heavy (non-hydrogen) atoms. The molecule has 0 saturated carbocycles. The van der Waals surface area contributed by atoms with Gasteiger partial charge >= 0.3 is 6.09 Å². The Bertz CT molecular complexity index is 581. The molecule has 1 amide bonds. The summed E-state index contributed by atoms with van der Waals surface area (Å²) in [5, 5.41) is 2.67. The number of nitrogens with zero attached hydrogens (tertiary/aromatic N) is 1. The number of ether oxygens (including phenoxy) is 1. The molecule has 2 rings (SSSR count). The maximum absolute atomic E-state index is 11.7. The van der Waals surface area contributed by atoms with Crippen molar-refractivity contribution in [3.05, 3.63) is 24.1 Å². The van der Waals surface area contributed by atoms with Crippen molar-refractivity contribution in [1.29, 1.82) is 0 Å². The predicted octanol–water partition coefficient (Wildman–Crippen LogP) is 3.48. The van der Waals surface area contributed by atoms with Gasteiger partial charge in [-0.1, -0.05) is 6.07 Å². The van der Waals surface area contributed by atoms with Crippen molar-refractivity contribution in [2.24, 2.45) is 0 Å². The number of anilines is 1. The summed E-state index contributed by atoms with van der Waals surface area (Å²) in [5.74, 6) is 0.559. The lowest BCUT2D eigenvalue weighted by molar-refractivity contribution is 0.0636. The van der Waals surface area contributed by atoms with Crippen molar-refractivity contribution >= 4 is 22.9 Å². The van der Waals surface area contributed by atoms with Crippen LogP contribution in [0.5, 0.6) is 0 Å². The largest absolute Gasteiger partial charge is 0.444 e. The first kappa shape index (κ1) is 12.4. The van der Waals surface area contributed by atoms with Crippen LogP contribution >= 0.6 is 0 Å². The summed E-state index contributed by atoms with van der Waals surface area (Å²) in [6.07, 6.45) is -0.504. The Balaban J connectivity index is 2.24. The van der Waals surface area contributed by atoms with E-state index in [4.69, 9.17) is 9.15 Å². The third kappa shape index (κ3) is 2.80. The molecule has 1 aromatic carbocycles. The first-order valence-electron chi connectivity index (χ1n) is 5.71. The van der Waals surface area contributed by atoms with E-state index >= 15 is 0 Å². The minimum absolute atomic E-state index is 0.504. The molecular formula is C13H16N2O3. The molecule has 0 aliphatic rings. The minimum Gasteiger partial charge on any atom is -0.444 e. The third-order valence-corrected chi connectivity index (χ3v) is 2.16. The normalized spacial score (nSPS) is 11.6. The molecule has 0 aliphatic heterocycles. The second kappa shape index (κ2) is 4.33. The van der Waals surface area contributed by atoms with E-state index in [1.165, 1.54) is 0 Å². The highest BCUT2D eigenvalue weighted by molar-refractivity contribution is 5.96. The number of carbonyl (C=O) groups excluding carboxylic acids is 1. The third-order valence-electron chi connectivity index (χ3n) is 2.16. The maximum atomic E-state index is 11.7. The number of rotatable bonds is 1. The van der Waals surface area contributed by atoms with E-state index in [-0.39, 0.29) is 0 Å². The van der Waals surface area contributed by atoms with Crippen molar-refractivity contribution in [3.63, 3.8) is 0 Å². The molecular weight excluding hydrogens is 232 g/mol. The van der Waals surface area contributed by atoms with Crippen LogP contribution in [0.4, 0.5) is 10.5 Å². The fourth-order valence-corrected chi connectivity index (χ4v) is 1.57. The zero-order valence-electron chi connectivity index (χ0n) is 10.9. The fraction of sp³-hybridized carbons (Fsp3) is 0.385. The lowest BCUT2D eigenvalue weighted by Crippen LogP contribution is -2.27. The average Bonchev–Trinajstić information content (AvgIpc) is 2.56. The van der Waals surface area contributed by atoms with Crippen molar-refractivity contribution in [1.82, 2.24) is 4.98 Å². The van der Waals surface area contributed by atoms with Gasteiger partial charge in [0.2, 0.25) is 0 Å². The van der Waals surface area contributed by atoms with E-state index in [0.717, 1.165) is 0 Å². The summed E-state index contributed by atoms with van der Waals surface area (Å²) in [4.78, 5) is 15.9. The van der Waals surface area contributed by atoms with Gasteiger partial charge in [-0.25, -0.2) is 9.78 Å². The van der Waals surface area contributed by atoms with E-state index in [1.54, 1.807) is 25.1 Å². The zero-order valence-corrected chi connectivity index (χ0v) is 10.9. The molecule has 96 valence electrons. The molecule has 1 N–H and O–H groups in total.